The Morgan fingerprint density at radius 2 is 2.05 bits per heavy atom. The van der Waals surface area contributed by atoms with Crippen molar-refractivity contribution in [1.82, 2.24) is 15.0 Å². The van der Waals surface area contributed by atoms with Gasteiger partial charge in [0.15, 0.2) is 0 Å². The molecule has 2 N–H and O–H groups in total. The van der Waals surface area contributed by atoms with Gasteiger partial charge in [0, 0.05) is 23.6 Å². The van der Waals surface area contributed by atoms with E-state index in [1.54, 1.807) is 31.2 Å². The summed E-state index contributed by atoms with van der Waals surface area (Å²) in [6, 6.07) is 6.25. The predicted octanol–water partition coefficient (Wildman–Crippen LogP) is 4.59. The van der Waals surface area contributed by atoms with Gasteiger partial charge in [-0.3, -0.25) is 4.79 Å². The van der Waals surface area contributed by atoms with Crippen molar-refractivity contribution in [2.45, 2.75) is 13.3 Å². The molecule has 196 valence electrons. The van der Waals surface area contributed by atoms with Gasteiger partial charge in [0.05, 0.1) is 42.4 Å². The van der Waals surface area contributed by atoms with Crippen LogP contribution in [0.4, 0.5) is 21.7 Å². The van der Waals surface area contributed by atoms with Gasteiger partial charge in [-0.15, -0.1) is 0 Å². The molecule has 0 saturated carbocycles. The molecule has 3 heterocycles. The van der Waals surface area contributed by atoms with Crippen molar-refractivity contribution in [3.8, 4) is 0 Å². The van der Waals surface area contributed by atoms with Gasteiger partial charge in [-0.1, -0.05) is 0 Å². The minimum absolute atomic E-state index is 0.0825. The number of carbonyl (C=O) groups is 1. The van der Waals surface area contributed by atoms with Crippen molar-refractivity contribution in [3.63, 3.8) is 0 Å². The third-order valence-corrected chi connectivity index (χ3v) is 6.34. The van der Waals surface area contributed by atoms with E-state index in [-0.39, 0.29) is 11.7 Å². The molecular weight excluding hydrogens is 559 g/mol. The molecule has 4 rings (SSSR count). The number of rotatable bonds is 9. The molecule has 2 aromatic heterocycles. The number of nitrogens with zero attached hydrogens (tertiary/aromatic N) is 6. The minimum Gasteiger partial charge on any atom is -0.358 e. The Balaban J connectivity index is 1.42. The molecule has 11 nitrogen and oxygen atoms in total. The average molecular weight is 584 g/mol. The highest BCUT2D eigenvalue weighted by atomic mass is 79.9. The highest BCUT2D eigenvalue weighted by Crippen LogP contribution is 2.27. The number of quaternary nitrogens is 1. The monoisotopic (exact) mass is 583 g/mol. The first kappa shape index (κ1) is 26.9. The van der Waals surface area contributed by atoms with Crippen molar-refractivity contribution >= 4 is 55.8 Å². The van der Waals surface area contributed by atoms with Gasteiger partial charge in [-0.2, -0.15) is 0 Å². The van der Waals surface area contributed by atoms with E-state index in [4.69, 9.17) is 0 Å². The summed E-state index contributed by atoms with van der Waals surface area (Å²) in [6.45, 7) is 2.68. The van der Waals surface area contributed by atoms with Crippen LogP contribution in [0, 0.1) is 15.9 Å². The number of anilines is 3. The zero-order valence-corrected chi connectivity index (χ0v) is 22.5. The first-order valence-electron chi connectivity index (χ1n) is 11.5. The number of amides is 1. The number of fused-ring (bicyclic) bond motifs is 1. The fraction of sp³-hybridized carbons (Fsp3) is 0.240. The van der Waals surface area contributed by atoms with Crippen LogP contribution in [0.1, 0.15) is 13.3 Å². The number of likely N-dealkylation sites (N-methyl/N-ethyl adjacent to an activating group) is 1. The lowest BCUT2D eigenvalue weighted by Gasteiger charge is -2.28. The molecule has 13 heteroatoms. The number of aliphatic imine (C=N–C) groups is 1. The topological polar surface area (TPSA) is 135 Å². The van der Waals surface area contributed by atoms with Crippen LogP contribution in [-0.4, -0.2) is 63.2 Å². The van der Waals surface area contributed by atoms with Crippen LogP contribution in [0.3, 0.4) is 0 Å². The van der Waals surface area contributed by atoms with E-state index in [0.29, 0.717) is 62.3 Å². The highest BCUT2D eigenvalue weighted by molar-refractivity contribution is 9.10. The Morgan fingerprint density at radius 3 is 2.79 bits per heavy atom. The summed E-state index contributed by atoms with van der Waals surface area (Å²) < 4.78 is 14.7. The van der Waals surface area contributed by atoms with Gasteiger partial charge >= 0.3 is 5.82 Å². The molecule has 38 heavy (non-hydrogen) atoms. The van der Waals surface area contributed by atoms with Gasteiger partial charge in [-0.25, -0.2) is 19.3 Å². The van der Waals surface area contributed by atoms with Crippen LogP contribution in [-0.2, 0) is 4.79 Å². The van der Waals surface area contributed by atoms with E-state index in [2.05, 4.69) is 46.5 Å². The van der Waals surface area contributed by atoms with E-state index in [9.17, 15) is 19.3 Å². The van der Waals surface area contributed by atoms with Crippen molar-refractivity contribution in [2.75, 3.05) is 37.8 Å². The van der Waals surface area contributed by atoms with Crippen molar-refractivity contribution < 1.29 is 18.6 Å². The summed E-state index contributed by atoms with van der Waals surface area (Å²) in [5.74, 6) is -0.165. The van der Waals surface area contributed by atoms with Crippen molar-refractivity contribution in [3.05, 3.63) is 80.7 Å². The van der Waals surface area contributed by atoms with Crippen molar-refractivity contribution in [1.29, 1.82) is 0 Å². The zero-order chi connectivity index (χ0) is 27.4. The molecule has 0 saturated heterocycles. The summed E-state index contributed by atoms with van der Waals surface area (Å²) in [6.07, 6.45) is 6.47. The summed E-state index contributed by atoms with van der Waals surface area (Å²) >= 11 is 3.13. The second kappa shape index (κ2) is 11.1. The molecular formula is C25H25BrFN8O3+. The quantitative estimate of drug-likeness (QED) is 0.163. The SMILES string of the molecule is CC1=NC([N+](=O)[O-])=C(C[N+](C)(C)C/C=C/C(=O)Nc2cc3c(Nc4ccc(Br)c(F)c4)ncnc3cn2)C1. The Morgan fingerprint density at radius 1 is 1.26 bits per heavy atom. The molecule has 1 aliphatic heterocycles. The summed E-state index contributed by atoms with van der Waals surface area (Å²) in [5, 5.41) is 17.6. The number of benzene rings is 1. The summed E-state index contributed by atoms with van der Waals surface area (Å²) in [7, 11) is 3.86. The Labute approximate surface area is 226 Å². The third kappa shape index (κ3) is 6.61. The summed E-state index contributed by atoms with van der Waals surface area (Å²) in [4.78, 5) is 40.1. The molecule has 0 radical (unpaired) electrons. The maximum atomic E-state index is 13.9. The fourth-order valence-corrected chi connectivity index (χ4v) is 4.26. The number of aromatic nitrogens is 3. The predicted molar refractivity (Wildman–Crippen MR) is 146 cm³/mol. The van der Waals surface area contributed by atoms with E-state index in [1.165, 1.54) is 24.7 Å². The second-order valence-corrected chi connectivity index (χ2v) is 10.3. The van der Waals surface area contributed by atoms with Gasteiger partial charge < -0.3 is 25.2 Å². The lowest BCUT2D eigenvalue weighted by molar-refractivity contribution is -0.880. The van der Waals surface area contributed by atoms with Crippen LogP contribution in [0.15, 0.2) is 69.8 Å². The maximum absolute atomic E-state index is 13.9. The van der Waals surface area contributed by atoms with Crippen molar-refractivity contribution in [2.24, 2.45) is 4.99 Å². The Bertz CT molecular complexity index is 1520. The van der Waals surface area contributed by atoms with E-state index in [1.807, 2.05) is 14.1 Å². The van der Waals surface area contributed by atoms with Crippen LogP contribution >= 0.6 is 15.9 Å². The van der Waals surface area contributed by atoms with E-state index in [0.717, 1.165) is 5.71 Å². The number of hydrogen-bond acceptors (Lipinski definition) is 8. The lowest BCUT2D eigenvalue weighted by atomic mass is 10.1. The minimum atomic E-state index is -0.450. The molecule has 3 aromatic rings. The molecule has 1 amide bonds. The van der Waals surface area contributed by atoms with Gasteiger partial charge in [-0.05, 0) is 63.1 Å². The number of halogens is 2. The molecule has 0 aliphatic carbocycles. The number of nitrogens with one attached hydrogen (secondary N) is 2. The second-order valence-electron chi connectivity index (χ2n) is 9.44. The lowest BCUT2D eigenvalue weighted by Crippen LogP contribution is -2.41. The smallest absolute Gasteiger partial charge is 0.358 e. The standard InChI is InChI=1S/C25H24BrFN8O3/c1-15-9-16(25(31-15)34(37)38)13-35(2,3)8-4-5-23(36)33-22-11-18-21(12-28-22)29-14-30-24(18)32-17-6-7-19(26)20(27)10-17/h4-7,10-12,14H,8-9,13H2,1-3H3,(H-,28,29,30,32,33,36)/p+1/b5-4+. The average Bonchev–Trinajstić information content (AvgIpc) is 3.21. The van der Waals surface area contributed by atoms with Crippen LogP contribution < -0.4 is 10.6 Å². The molecule has 0 bridgehead atoms. The number of pyridine rings is 1. The largest absolute Gasteiger partial charge is 0.368 e. The highest BCUT2D eigenvalue weighted by Gasteiger charge is 2.31. The van der Waals surface area contributed by atoms with Crippen LogP contribution in [0.2, 0.25) is 0 Å². The van der Waals surface area contributed by atoms with Crippen LogP contribution in [0.5, 0.6) is 0 Å². The fourth-order valence-electron chi connectivity index (χ4n) is 4.02. The van der Waals surface area contributed by atoms with E-state index < -0.39 is 10.7 Å². The van der Waals surface area contributed by atoms with Gasteiger partial charge in [0.25, 0.3) is 0 Å². The maximum Gasteiger partial charge on any atom is 0.368 e. The number of nitro groups is 1. The third-order valence-electron chi connectivity index (χ3n) is 5.70. The van der Waals surface area contributed by atoms with Crippen LogP contribution in [0.25, 0.3) is 10.9 Å². The zero-order valence-electron chi connectivity index (χ0n) is 20.9. The first-order chi connectivity index (χ1) is 18.0. The van der Waals surface area contributed by atoms with E-state index >= 15 is 0 Å². The normalized spacial score (nSPS) is 13.8. The molecule has 0 fully saturated rings. The van der Waals surface area contributed by atoms with Gasteiger partial charge in [0.2, 0.25) is 5.91 Å². The Hall–Kier alpha value is -4.10. The molecule has 1 aliphatic rings. The molecule has 0 atom stereocenters. The first-order valence-corrected chi connectivity index (χ1v) is 12.3. The Kier molecular flexibility index (Phi) is 7.88. The molecule has 0 spiro atoms. The molecule has 0 unspecified atom stereocenters. The number of hydrogen-bond donors (Lipinski definition) is 2. The van der Waals surface area contributed by atoms with Gasteiger partial charge in [0.1, 0.15) is 36.0 Å². The molecule has 1 aromatic carbocycles. The number of carbonyl (C=O) groups excluding carboxylic acids is 1. The summed E-state index contributed by atoms with van der Waals surface area (Å²) in [5.41, 5.74) is 2.44.